The van der Waals surface area contributed by atoms with Crippen molar-refractivity contribution < 1.29 is 68.4 Å². The third-order valence-electron chi connectivity index (χ3n) is 8.68. The number of Topliss-reactive ketones (excluding diaryl/α,β-unsaturated/α-hetero) is 1. The lowest BCUT2D eigenvalue weighted by atomic mass is 10.0. The quantitative estimate of drug-likeness (QED) is 0.0403. The van der Waals surface area contributed by atoms with Crippen LogP contribution in [0.1, 0.15) is 117 Å². The van der Waals surface area contributed by atoms with E-state index in [0.29, 0.717) is 32.2 Å². The molecule has 20 nitrogen and oxygen atoms in total. The van der Waals surface area contributed by atoms with Crippen molar-refractivity contribution in [2.24, 2.45) is 5.92 Å². The van der Waals surface area contributed by atoms with Gasteiger partial charge in [-0.1, -0.05) is 33.6 Å². The fourth-order valence-electron chi connectivity index (χ4n) is 5.25. The zero-order valence-electron chi connectivity index (χ0n) is 32.6. The summed E-state index contributed by atoms with van der Waals surface area (Å²) in [6.45, 7) is 5.46. The van der Waals surface area contributed by atoms with Gasteiger partial charge < -0.3 is 52.3 Å². The van der Waals surface area contributed by atoms with Gasteiger partial charge in [0.1, 0.15) is 30.0 Å². The minimum Gasteiger partial charge on any atom is -0.480 e. The molecule has 0 saturated heterocycles. The van der Waals surface area contributed by atoms with Gasteiger partial charge in [0.05, 0.1) is 6.04 Å². The summed E-state index contributed by atoms with van der Waals surface area (Å²) < 4.78 is 0. The number of rotatable bonds is 32. The number of hydrogen-bond acceptors (Lipinski definition) is 11. The number of hydrogen-bond donors (Lipinski definition) is 10. The van der Waals surface area contributed by atoms with Gasteiger partial charge in [-0.05, 0) is 58.4 Å². The zero-order chi connectivity index (χ0) is 42.8. The molecule has 56 heavy (non-hydrogen) atoms. The van der Waals surface area contributed by atoms with Crippen molar-refractivity contribution in [3.05, 3.63) is 0 Å². The highest BCUT2D eigenvalue weighted by Gasteiger charge is 2.27. The van der Waals surface area contributed by atoms with Crippen LogP contribution < -0.4 is 31.9 Å². The van der Waals surface area contributed by atoms with Crippen LogP contribution in [0.3, 0.4) is 0 Å². The van der Waals surface area contributed by atoms with Crippen LogP contribution in [0.2, 0.25) is 0 Å². The first-order valence-electron chi connectivity index (χ1n) is 18.9. The van der Waals surface area contributed by atoms with Gasteiger partial charge in [0.15, 0.2) is 0 Å². The molecule has 0 radical (unpaired) electrons. The Morgan fingerprint density at radius 2 is 0.857 bits per heavy atom. The van der Waals surface area contributed by atoms with E-state index in [1.807, 2.05) is 0 Å². The maximum Gasteiger partial charge on any atom is 0.326 e. The van der Waals surface area contributed by atoms with Crippen molar-refractivity contribution in [2.75, 3.05) is 13.6 Å². The Hall–Kier alpha value is -5.14. The van der Waals surface area contributed by atoms with Gasteiger partial charge in [0.25, 0.3) is 0 Å². The number of likely N-dealkylation sites (N-methyl/N-ethyl adjacent to an activating group) is 1. The predicted molar refractivity (Wildman–Crippen MR) is 199 cm³/mol. The zero-order valence-corrected chi connectivity index (χ0v) is 32.6. The molecule has 10 N–H and O–H groups in total. The Bertz CT molecular complexity index is 1360. The minimum absolute atomic E-state index is 0.154. The second-order valence-corrected chi connectivity index (χ2v) is 13.7. The molecule has 318 valence electrons. The molecular weight excluding hydrogens is 740 g/mol. The lowest BCUT2D eigenvalue weighted by Crippen LogP contribution is -2.46. The van der Waals surface area contributed by atoms with E-state index >= 15 is 0 Å². The van der Waals surface area contributed by atoms with Gasteiger partial charge in [-0.15, -0.1) is 0 Å². The van der Waals surface area contributed by atoms with E-state index in [2.05, 4.69) is 38.8 Å². The maximum atomic E-state index is 12.5. The van der Waals surface area contributed by atoms with Gasteiger partial charge in [0, 0.05) is 44.6 Å². The largest absolute Gasteiger partial charge is 0.480 e. The molecular formula is C36H60N6O14. The molecule has 0 aliphatic carbocycles. The van der Waals surface area contributed by atoms with E-state index in [0.717, 1.165) is 19.3 Å². The number of carboxylic acids is 4. The van der Waals surface area contributed by atoms with Gasteiger partial charge in [-0.3, -0.25) is 28.8 Å². The van der Waals surface area contributed by atoms with Crippen LogP contribution in [-0.4, -0.2) is 123 Å². The predicted octanol–water partition coefficient (Wildman–Crippen LogP) is 0.0647. The molecule has 0 aromatic carbocycles. The van der Waals surface area contributed by atoms with Crippen LogP contribution >= 0.6 is 0 Å². The number of carbonyl (C=O) groups is 10. The number of ketones is 1. The van der Waals surface area contributed by atoms with E-state index in [9.17, 15) is 68.4 Å². The first-order chi connectivity index (χ1) is 26.3. The van der Waals surface area contributed by atoms with Crippen molar-refractivity contribution in [1.29, 1.82) is 0 Å². The van der Waals surface area contributed by atoms with Gasteiger partial charge >= 0.3 is 23.9 Å². The monoisotopic (exact) mass is 800 g/mol. The highest BCUT2D eigenvalue weighted by Crippen LogP contribution is 2.09. The summed E-state index contributed by atoms with van der Waals surface area (Å²) in [4.78, 5) is 120. The van der Waals surface area contributed by atoms with E-state index in [1.54, 1.807) is 20.9 Å². The highest BCUT2D eigenvalue weighted by molar-refractivity contribution is 5.88. The van der Waals surface area contributed by atoms with Crippen molar-refractivity contribution in [2.45, 2.75) is 147 Å². The average Bonchev–Trinajstić information content (AvgIpc) is 3.12. The van der Waals surface area contributed by atoms with E-state index in [4.69, 9.17) is 0 Å². The summed E-state index contributed by atoms with van der Waals surface area (Å²) in [5.41, 5.74) is 0. The molecule has 0 bridgehead atoms. The van der Waals surface area contributed by atoms with Crippen LogP contribution in [0.4, 0.5) is 0 Å². The summed E-state index contributed by atoms with van der Waals surface area (Å²) >= 11 is 0. The van der Waals surface area contributed by atoms with Gasteiger partial charge in [-0.25, -0.2) is 19.2 Å². The standard InChI is InChI=1S/C36H60N6O14/c1-5-6-7-11-27(43)22(37-4)10-8-9-20-38-28(44)16-12-23(33(49)50)39-29(45)17-13-24(34(51)52)40-30(46)18-14-25(35(53)54)41-31(47)19-15-26(36(55)56)42-32(48)21(2)3/h21-26,37H,5-20H2,1-4H3,(H,38,44)(H,39,45)(H,40,46)(H,41,47)(H,42,48)(H,49,50)(H,51,52)(H,53,54)(H,55,56). The summed E-state index contributed by atoms with van der Waals surface area (Å²) in [6, 6.07) is -6.33. The second kappa shape index (κ2) is 28.3. The van der Waals surface area contributed by atoms with E-state index in [-0.39, 0.29) is 31.1 Å². The molecule has 0 fully saturated rings. The van der Waals surface area contributed by atoms with Crippen molar-refractivity contribution in [1.82, 2.24) is 31.9 Å². The third-order valence-corrected chi connectivity index (χ3v) is 8.68. The number of amides is 5. The number of nitrogens with one attached hydrogen (secondary N) is 6. The van der Waals surface area contributed by atoms with Crippen LogP contribution in [0.5, 0.6) is 0 Å². The summed E-state index contributed by atoms with van der Waals surface area (Å²) in [6.07, 6.45) is 1.96. The first-order valence-corrected chi connectivity index (χ1v) is 18.9. The van der Waals surface area contributed by atoms with E-state index in [1.165, 1.54) is 0 Å². The topological polar surface area (TPSA) is 324 Å². The Kier molecular flexibility index (Phi) is 25.7. The first kappa shape index (κ1) is 50.9. The minimum atomic E-state index is -1.61. The fraction of sp³-hybridized carbons (Fsp3) is 0.722. The summed E-state index contributed by atoms with van der Waals surface area (Å²) in [7, 11) is 1.73. The Morgan fingerprint density at radius 3 is 1.21 bits per heavy atom. The van der Waals surface area contributed by atoms with Crippen LogP contribution in [0.25, 0.3) is 0 Å². The fourth-order valence-corrected chi connectivity index (χ4v) is 5.25. The van der Waals surface area contributed by atoms with Crippen molar-refractivity contribution in [3.63, 3.8) is 0 Å². The molecule has 20 heteroatoms. The molecule has 0 aromatic rings. The summed E-state index contributed by atoms with van der Waals surface area (Å²) in [5.74, 6) is -9.87. The van der Waals surface area contributed by atoms with Gasteiger partial charge in [0.2, 0.25) is 29.5 Å². The third kappa shape index (κ3) is 22.9. The molecule has 5 amide bonds. The molecule has 0 spiro atoms. The number of carboxylic acid groups (broad SMARTS) is 4. The normalized spacial score (nSPS) is 13.6. The van der Waals surface area contributed by atoms with Crippen LogP contribution in [0, 0.1) is 5.92 Å². The molecule has 0 rings (SSSR count). The van der Waals surface area contributed by atoms with Crippen LogP contribution in [-0.2, 0) is 47.9 Å². The molecule has 0 heterocycles. The lowest BCUT2D eigenvalue weighted by molar-refractivity contribution is -0.144. The summed E-state index contributed by atoms with van der Waals surface area (Å²) in [5, 5.41) is 52.4. The lowest BCUT2D eigenvalue weighted by Gasteiger charge is -2.19. The molecule has 0 aliphatic heterocycles. The van der Waals surface area contributed by atoms with Crippen molar-refractivity contribution >= 4 is 59.2 Å². The Morgan fingerprint density at radius 1 is 0.464 bits per heavy atom. The molecule has 0 aliphatic rings. The Balaban J connectivity index is 4.80. The van der Waals surface area contributed by atoms with Crippen LogP contribution in [0.15, 0.2) is 0 Å². The Labute approximate surface area is 326 Å². The number of unbranched alkanes of at least 4 members (excludes halogenated alkanes) is 3. The van der Waals surface area contributed by atoms with E-state index < -0.39 is 116 Å². The molecule has 0 aromatic heterocycles. The molecule has 5 atom stereocenters. The molecule has 0 saturated carbocycles. The highest BCUT2D eigenvalue weighted by atomic mass is 16.4. The SMILES string of the molecule is CCCCCC(=O)C(CCCCNC(=O)CCC(NC(=O)CCC(NC(=O)CCC(NC(=O)CCC(NC(=O)C(C)C)C(=O)O)C(=O)O)C(=O)O)C(=O)O)NC. The average molecular weight is 801 g/mol. The van der Waals surface area contributed by atoms with Gasteiger partial charge in [-0.2, -0.15) is 0 Å². The number of carbonyl (C=O) groups excluding carboxylic acids is 6. The second-order valence-electron chi connectivity index (χ2n) is 13.7. The smallest absolute Gasteiger partial charge is 0.326 e. The molecule has 5 unspecified atom stereocenters. The maximum absolute atomic E-state index is 12.5. The number of aliphatic carboxylic acids is 4. The van der Waals surface area contributed by atoms with Crippen molar-refractivity contribution in [3.8, 4) is 0 Å².